The molecule has 1 amide bonds. The van der Waals surface area contributed by atoms with Crippen LogP contribution in [0.3, 0.4) is 0 Å². The lowest BCUT2D eigenvalue weighted by molar-refractivity contribution is -0.130. The van der Waals surface area contributed by atoms with Crippen molar-refractivity contribution in [2.24, 2.45) is 0 Å². The summed E-state index contributed by atoms with van der Waals surface area (Å²) in [6, 6.07) is 8.19. The summed E-state index contributed by atoms with van der Waals surface area (Å²) in [4.78, 5) is 14.4. The molecule has 1 saturated heterocycles. The third kappa shape index (κ3) is 4.74. The summed E-state index contributed by atoms with van der Waals surface area (Å²) >= 11 is 0. The van der Waals surface area contributed by atoms with Gasteiger partial charge in [-0.25, -0.2) is 0 Å². The Labute approximate surface area is 127 Å². The summed E-state index contributed by atoms with van der Waals surface area (Å²) in [5, 5.41) is 3.51. The Bertz CT molecular complexity index is 439. The second-order valence-electron chi connectivity index (χ2n) is 5.60. The average molecular weight is 290 g/mol. The van der Waals surface area contributed by atoms with Crippen LogP contribution < -0.4 is 10.1 Å². The molecular formula is C17H26N2O2. The van der Waals surface area contributed by atoms with Crippen molar-refractivity contribution < 1.29 is 9.53 Å². The zero-order valence-corrected chi connectivity index (χ0v) is 13.1. The molecule has 1 aromatic rings. The Hall–Kier alpha value is -1.55. The third-order valence-electron chi connectivity index (χ3n) is 4.10. The molecule has 116 valence electrons. The highest BCUT2D eigenvalue weighted by Crippen LogP contribution is 2.13. The van der Waals surface area contributed by atoms with Gasteiger partial charge in [0.2, 0.25) is 5.91 Å². The summed E-state index contributed by atoms with van der Waals surface area (Å²) in [5.74, 6) is 1.03. The minimum absolute atomic E-state index is 0.204. The number of hydrogen-bond acceptors (Lipinski definition) is 3. The van der Waals surface area contributed by atoms with Gasteiger partial charge in [-0.15, -0.1) is 0 Å². The lowest BCUT2D eigenvalue weighted by Gasteiger charge is -2.30. The maximum Gasteiger partial charge on any atom is 0.227 e. The number of piperidine rings is 1. The fourth-order valence-corrected chi connectivity index (χ4v) is 2.78. The van der Waals surface area contributed by atoms with E-state index in [0.717, 1.165) is 30.9 Å². The van der Waals surface area contributed by atoms with Crippen LogP contribution in [0.25, 0.3) is 0 Å². The molecule has 1 aliphatic rings. The van der Waals surface area contributed by atoms with Gasteiger partial charge in [0.15, 0.2) is 0 Å². The van der Waals surface area contributed by atoms with E-state index in [4.69, 9.17) is 4.74 Å². The molecule has 1 heterocycles. The van der Waals surface area contributed by atoms with Gasteiger partial charge in [0, 0.05) is 19.1 Å². The van der Waals surface area contributed by atoms with E-state index in [1.807, 2.05) is 29.2 Å². The zero-order valence-electron chi connectivity index (χ0n) is 13.1. The number of carbonyl (C=O) groups excluding carboxylic acids is 1. The van der Waals surface area contributed by atoms with Crippen molar-refractivity contribution in [2.75, 3.05) is 26.7 Å². The van der Waals surface area contributed by atoms with E-state index >= 15 is 0 Å². The normalized spacial score (nSPS) is 18.3. The highest BCUT2D eigenvalue weighted by atomic mass is 16.5. The standard InChI is InChI=1S/C17H26N2O2/c1-3-19(13-15-6-4-5-11-18-15)17(20)12-14-7-9-16(21-2)10-8-14/h7-10,15,18H,3-6,11-13H2,1-2H3. The SMILES string of the molecule is CCN(CC1CCCCN1)C(=O)Cc1ccc(OC)cc1. The number of methoxy groups -OCH3 is 1. The predicted molar refractivity (Wildman–Crippen MR) is 84.6 cm³/mol. The van der Waals surface area contributed by atoms with Gasteiger partial charge in [-0.2, -0.15) is 0 Å². The van der Waals surface area contributed by atoms with Gasteiger partial charge in [0.1, 0.15) is 5.75 Å². The monoisotopic (exact) mass is 290 g/mol. The molecule has 0 aromatic heterocycles. The van der Waals surface area contributed by atoms with Gasteiger partial charge in [0.05, 0.1) is 13.5 Å². The molecule has 4 nitrogen and oxygen atoms in total. The first kappa shape index (κ1) is 15.8. The van der Waals surface area contributed by atoms with Crippen molar-refractivity contribution in [3.05, 3.63) is 29.8 Å². The second kappa shape index (κ2) is 8.03. The van der Waals surface area contributed by atoms with Crippen molar-refractivity contribution >= 4 is 5.91 Å². The summed E-state index contributed by atoms with van der Waals surface area (Å²) in [6.07, 6.45) is 4.15. The number of rotatable bonds is 6. The molecule has 0 spiro atoms. The van der Waals surface area contributed by atoms with Crippen LogP contribution in [0.4, 0.5) is 0 Å². The molecule has 0 radical (unpaired) electrons. The van der Waals surface area contributed by atoms with E-state index in [9.17, 15) is 4.79 Å². The minimum Gasteiger partial charge on any atom is -0.497 e. The van der Waals surface area contributed by atoms with Crippen molar-refractivity contribution in [1.29, 1.82) is 0 Å². The van der Waals surface area contributed by atoms with Crippen LogP contribution in [0.1, 0.15) is 31.7 Å². The number of benzene rings is 1. The molecule has 1 aromatic carbocycles. The van der Waals surface area contributed by atoms with Crippen molar-refractivity contribution in [3.63, 3.8) is 0 Å². The van der Waals surface area contributed by atoms with Gasteiger partial charge < -0.3 is 15.0 Å². The molecule has 21 heavy (non-hydrogen) atoms. The maximum absolute atomic E-state index is 12.4. The first-order valence-electron chi connectivity index (χ1n) is 7.87. The van der Waals surface area contributed by atoms with E-state index in [-0.39, 0.29) is 5.91 Å². The Morgan fingerprint density at radius 3 is 2.67 bits per heavy atom. The summed E-state index contributed by atoms with van der Waals surface area (Å²) < 4.78 is 5.14. The zero-order chi connectivity index (χ0) is 15.1. The van der Waals surface area contributed by atoms with E-state index in [1.54, 1.807) is 7.11 Å². The van der Waals surface area contributed by atoms with Crippen molar-refractivity contribution in [2.45, 2.75) is 38.6 Å². The smallest absolute Gasteiger partial charge is 0.227 e. The average Bonchev–Trinajstić information content (AvgIpc) is 2.54. The summed E-state index contributed by atoms with van der Waals surface area (Å²) in [7, 11) is 1.65. The molecule has 1 atom stereocenters. The number of nitrogens with one attached hydrogen (secondary N) is 1. The first-order chi connectivity index (χ1) is 10.2. The lowest BCUT2D eigenvalue weighted by atomic mass is 10.0. The Morgan fingerprint density at radius 2 is 2.10 bits per heavy atom. The molecule has 0 saturated carbocycles. The Morgan fingerprint density at radius 1 is 1.33 bits per heavy atom. The summed E-state index contributed by atoms with van der Waals surface area (Å²) in [6.45, 7) is 4.72. The van der Waals surface area contributed by atoms with Gasteiger partial charge in [-0.1, -0.05) is 18.6 Å². The number of carbonyl (C=O) groups is 1. The van der Waals surface area contributed by atoms with E-state index < -0.39 is 0 Å². The van der Waals surface area contributed by atoms with E-state index in [1.165, 1.54) is 19.3 Å². The van der Waals surface area contributed by atoms with E-state index in [0.29, 0.717) is 12.5 Å². The molecule has 1 unspecified atom stereocenters. The number of amides is 1. The molecule has 1 N–H and O–H groups in total. The molecule has 0 bridgehead atoms. The van der Waals surface area contributed by atoms with Crippen molar-refractivity contribution in [1.82, 2.24) is 10.2 Å². The van der Waals surface area contributed by atoms with Crippen LogP contribution in [0.2, 0.25) is 0 Å². The van der Waals surface area contributed by atoms with Gasteiger partial charge >= 0.3 is 0 Å². The van der Waals surface area contributed by atoms with Crippen LogP contribution in [0, 0.1) is 0 Å². The van der Waals surface area contributed by atoms with Crippen LogP contribution >= 0.6 is 0 Å². The van der Waals surface area contributed by atoms with Crippen LogP contribution in [0.5, 0.6) is 5.75 Å². The molecule has 0 aliphatic carbocycles. The first-order valence-corrected chi connectivity index (χ1v) is 7.87. The lowest BCUT2D eigenvalue weighted by Crippen LogP contribution is -2.46. The Kier molecular flexibility index (Phi) is 6.05. The van der Waals surface area contributed by atoms with Crippen molar-refractivity contribution in [3.8, 4) is 5.75 Å². The number of ether oxygens (including phenoxy) is 1. The van der Waals surface area contributed by atoms with Crippen LogP contribution in [-0.4, -0.2) is 43.6 Å². The second-order valence-corrected chi connectivity index (χ2v) is 5.60. The topological polar surface area (TPSA) is 41.6 Å². The van der Waals surface area contributed by atoms with Crippen LogP contribution in [0.15, 0.2) is 24.3 Å². The quantitative estimate of drug-likeness (QED) is 0.873. The molecule has 1 fully saturated rings. The molecule has 2 rings (SSSR count). The highest BCUT2D eigenvalue weighted by molar-refractivity contribution is 5.78. The maximum atomic E-state index is 12.4. The fraction of sp³-hybridized carbons (Fsp3) is 0.588. The largest absolute Gasteiger partial charge is 0.497 e. The van der Waals surface area contributed by atoms with Gasteiger partial charge in [0.25, 0.3) is 0 Å². The Balaban J connectivity index is 1.89. The van der Waals surface area contributed by atoms with E-state index in [2.05, 4.69) is 12.2 Å². The number of hydrogen-bond donors (Lipinski definition) is 1. The fourth-order valence-electron chi connectivity index (χ4n) is 2.78. The highest BCUT2D eigenvalue weighted by Gasteiger charge is 2.19. The van der Waals surface area contributed by atoms with Gasteiger partial charge in [-0.3, -0.25) is 4.79 Å². The number of nitrogens with zero attached hydrogens (tertiary/aromatic N) is 1. The minimum atomic E-state index is 0.204. The summed E-state index contributed by atoms with van der Waals surface area (Å²) in [5.41, 5.74) is 1.04. The predicted octanol–water partition coefficient (Wildman–Crippen LogP) is 2.23. The molecule has 4 heteroatoms. The molecular weight excluding hydrogens is 264 g/mol. The molecule has 1 aliphatic heterocycles. The van der Waals surface area contributed by atoms with Crippen LogP contribution in [-0.2, 0) is 11.2 Å². The third-order valence-corrected chi connectivity index (χ3v) is 4.10. The van der Waals surface area contributed by atoms with Gasteiger partial charge in [-0.05, 0) is 44.0 Å². The number of likely N-dealkylation sites (N-methyl/N-ethyl adjacent to an activating group) is 1.